The minimum Gasteiger partial charge on any atom is -0.492 e. The molecule has 6 heteroatoms. The van der Waals surface area contributed by atoms with Crippen molar-refractivity contribution >= 4 is 17.5 Å². The Bertz CT molecular complexity index is 905. The van der Waals surface area contributed by atoms with Crippen molar-refractivity contribution in [1.82, 2.24) is 5.32 Å². The number of carbonyl (C=O) groups excluding carboxylic acids is 2. The zero-order valence-electron chi connectivity index (χ0n) is 17.0. The first-order chi connectivity index (χ1) is 14.6. The monoisotopic (exact) mass is 410 g/mol. The van der Waals surface area contributed by atoms with Crippen molar-refractivity contribution in [2.24, 2.45) is 5.92 Å². The number of fused-ring (bicyclic) bond motifs is 1. The van der Waals surface area contributed by atoms with Crippen molar-refractivity contribution < 1.29 is 18.7 Å². The van der Waals surface area contributed by atoms with E-state index in [0.29, 0.717) is 24.3 Å². The van der Waals surface area contributed by atoms with E-state index in [4.69, 9.17) is 4.74 Å². The summed E-state index contributed by atoms with van der Waals surface area (Å²) in [5.74, 6) is -0.134. The van der Waals surface area contributed by atoms with Crippen molar-refractivity contribution in [2.75, 3.05) is 11.9 Å². The van der Waals surface area contributed by atoms with Gasteiger partial charge in [-0.3, -0.25) is 9.59 Å². The van der Waals surface area contributed by atoms with Crippen LogP contribution in [0.5, 0.6) is 5.75 Å². The van der Waals surface area contributed by atoms with Crippen LogP contribution in [-0.4, -0.2) is 24.5 Å². The van der Waals surface area contributed by atoms with E-state index in [1.165, 1.54) is 49.9 Å². The van der Waals surface area contributed by atoms with Gasteiger partial charge in [0.15, 0.2) is 0 Å². The lowest BCUT2D eigenvalue weighted by Crippen LogP contribution is -2.42. The molecule has 2 N–H and O–H groups in total. The first-order valence-corrected chi connectivity index (χ1v) is 10.7. The highest BCUT2D eigenvalue weighted by Crippen LogP contribution is 2.30. The van der Waals surface area contributed by atoms with Crippen molar-refractivity contribution in [3.05, 3.63) is 59.4 Å². The Labute approximate surface area is 176 Å². The number of nitrogens with one attached hydrogen (secondary N) is 2. The van der Waals surface area contributed by atoms with Crippen LogP contribution >= 0.6 is 0 Å². The number of benzene rings is 2. The van der Waals surface area contributed by atoms with E-state index in [0.717, 1.165) is 24.2 Å². The summed E-state index contributed by atoms with van der Waals surface area (Å²) in [5, 5.41) is 6.04. The summed E-state index contributed by atoms with van der Waals surface area (Å²) in [4.78, 5) is 25.2. The Morgan fingerprint density at radius 3 is 2.43 bits per heavy atom. The fourth-order valence-corrected chi connectivity index (χ4v) is 4.19. The normalized spacial score (nSPS) is 19.2. The lowest BCUT2D eigenvalue weighted by molar-refractivity contribution is -0.127. The molecule has 1 aliphatic carbocycles. The number of ether oxygens (including phenoxy) is 1. The van der Waals surface area contributed by atoms with E-state index in [2.05, 4.69) is 10.6 Å². The van der Waals surface area contributed by atoms with Gasteiger partial charge in [-0.15, -0.1) is 0 Å². The quantitative estimate of drug-likeness (QED) is 0.731. The molecule has 2 aromatic rings. The van der Waals surface area contributed by atoms with Gasteiger partial charge in [0.05, 0.1) is 5.92 Å². The topological polar surface area (TPSA) is 67.4 Å². The largest absolute Gasteiger partial charge is 0.492 e. The molecule has 2 aliphatic rings. The second kappa shape index (κ2) is 9.28. The van der Waals surface area contributed by atoms with Gasteiger partial charge >= 0.3 is 0 Å². The number of amides is 2. The van der Waals surface area contributed by atoms with Gasteiger partial charge in [0.2, 0.25) is 5.91 Å². The maximum absolute atomic E-state index is 13.1. The van der Waals surface area contributed by atoms with Crippen molar-refractivity contribution in [2.45, 2.75) is 51.0 Å². The first-order valence-electron chi connectivity index (χ1n) is 10.7. The van der Waals surface area contributed by atoms with Gasteiger partial charge < -0.3 is 15.4 Å². The lowest BCUT2D eigenvalue weighted by Gasteiger charge is -2.27. The maximum Gasteiger partial charge on any atom is 0.255 e. The number of carbonyl (C=O) groups is 2. The van der Waals surface area contributed by atoms with Crippen LogP contribution < -0.4 is 15.4 Å². The van der Waals surface area contributed by atoms with E-state index >= 15 is 0 Å². The summed E-state index contributed by atoms with van der Waals surface area (Å²) in [5.41, 5.74) is 1.90. The molecule has 0 saturated heterocycles. The highest BCUT2D eigenvalue weighted by atomic mass is 19.1. The smallest absolute Gasteiger partial charge is 0.255 e. The Morgan fingerprint density at radius 2 is 1.70 bits per heavy atom. The lowest BCUT2D eigenvalue weighted by atomic mass is 9.95. The number of hydrogen-bond acceptors (Lipinski definition) is 3. The van der Waals surface area contributed by atoms with Crippen molar-refractivity contribution in [1.29, 1.82) is 0 Å². The highest BCUT2D eigenvalue weighted by Gasteiger charge is 2.28. The number of anilines is 1. The van der Waals surface area contributed by atoms with Crippen LogP contribution in [0.3, 0.4) is 0 Å². The molecular formula is C24H27FN2O3. The summed E-state index contributed by atoms with van der Waals surface area (Å²) in [7, 11) is 0. The van der Waals surface area contributed by atoms with Crippen LogP contribution in [0.2, 0.25) is 0 Å². The fourth-order valence-electron chi connectivity index (χ4n) is 4.19. The molecule has 30 heavy (non-hydrogen) atoms. The second-order valence-corrected chi connectivity index (χ2v) is 8.19. The Kier molecular flexibility index (Phi) is 6.31. The number of rotatable bonds is 4. The van der Waals surface area contributed by atoms with Crippen LogP contribution in [-0.2, 0) is 11.2 Å². The molecule has 2 amide bonds. The second-order valence-electron chi connectivity index (χ2n) is 8.19. The van der Waals surface area contributed by atoms with Gasteiger partial charge in [-0.1, -0.05) is 25.7 Å². The van der Waals surface area contributed by atoms with Crippen LogP contribution in [0, 0.1) is 11.7 Å². The molecule has 1 atom stereocenters. The molecule has 1 fully saturated rings. The summed E-state index contributed by atoms with van der Waals surface area (Å²) in [6.45, 7) is 0.368. The molecule has 158 valence electrons. The average Bonchev–Trinajstić information content (AvgIpc) is 3.02. The molecule has 5 nitrogen and oxygen atoms in total. The third-order valence-electron chi connectivity index (χ3n) is 5.90. The molecule has 0 aromatic heterocycles. The molecule has 0 radical (unpaired) electrons. The van der Waals surface area contributed by atoms with Crippen LogP contribution in [0.15, 0.2) is 42.5 Å². The summed E-state index contributed by atoms with van der Waals surface area (Å²) in [6, 6.07) is 11.1. The molecule has 0 unspecified atom stereocenters. The minimum absolute atomic E-state index is 0.0494. The summed E-state index contributed by atoms with van der Waals surface area (Å²) >= 11 is 0. The van der Waals surface area contributed by atoms with Crippen molar-refractivity contribution in [3.63, 3.8) is 0 Å². The zero-order valence-corrected chi connectivity index (χ0v) is 17.0. The third-order valence-corrected chi connectivity index (χ3v) is 5.90. The summed E-state index contributed by atoms with van der Waals surface area (Å²) in [6.07, 6.45) is 7.52. The molecule has 4 rings (SSSR count). The predicted octanol–water partition coefficient (Wildman–Crippen LogP) is 4.47. The van der Waals surface area contributed by atoms with E-state index in [1.54, 1.807) is 6.07 Å². The van der Waals surface area contributed by atoms with Gasteiger partial charge in [0.1, 0.15) is 18.2 Å². The van der Waals surface area contributed by atoms with Crippen molar-refractivity contribution in [3.8, 4) is 5.75 Å². The minimum atomic E-state index is -0.384. The predicted molar refractivity (Wildman–Crippen MR) is 113 cm³/mol. The SMILES string of the molecule is O=C(Nc1ccc2c(c1)C[C@@H](C(=O)NC1CCCCCC1)CO2)c1ccc(F)cc1. The Hall–Kier alpha value is -2.89. The highest BCUT2D eigenvalue weighted by molar-refractivity contribution is 6.04. The van der Waals surface area contributed by atoms with Crippen LogP contribution in [0.4, 0.5) is 10.1 Å². The van der Waals surface area contributed by atoms with E-state index in [-0.39, 0.29) is 29.6 Å². The molecule has 0 bridgehead atoms. The summed E-state index contributed by atoms with van der Waals surface area (Å²) < 4.78 is 18.9. The molecule has 1 aliphatic heterocycles. The third kappa shape index (κ3) is 4.99. The standard InChI is InChI=1S/C24H27FN2O3/c25-19-9-7-16(8-10-19)23(28)27-21-11-12-22-17(14-21)13-18(15-30-22)24(29)26-20-5-3-1-2-4-6-20/h7-12,14,18,20H,1-6,13,15H2,(H,26,29)(H,27,28)/t18-/m1/s1. The first kappa shape index (κ1) is 20.4. The average molecular weight is 410 g/mol. The molecule has 1 heterocycles. The molecule has 1 saturated carbocycles. The number of hydrogen-bond donors (Lipinski definition) is 2. The van der Waals surface area contributed by atoms with Gasteiger partial charge in [0, 0.05) is 17.3 Å². The Morgan fingerprint density at radius 1 is 0.967 bits per heavy atom. The molecule has 0 spiro atoms. The Balaban J connectivity index is 1.39. The van der Waals surface area contributed by atoms with E-state index in [9.17, 15) is 14.0 Å². The van der Waals surface area contributed by atoms with Gasteiger partial charge in [-0.25, -0.2) is 4.39 Å². The molecule has 2 aromatic carbocycles. The van der Waals surface area contributed by atoms with Gasteiger partial charge in [-0.05, 0) is 67.3 Å². The van der Waals surface area contributed by atoms with E-state index < -0.39 is 0 Å². The van der Waals surface area contributed by atoms with Crippen LogP contribution in [0.25, 0.3) is 0 Å². The molecular weight excluding hydrogens is 383 g/mol. The van der Waals surface area contributed by atoms with Gasteiger partial charge in [0.25, 0.3) is 5.91 Å². The number of halogens is 1. The fraction of sp³-hybridized carbons (Fsp3) is 0.417. The maximum atomic E-state index is 13.1. The zero-order chi connectivity index (χ0) is 20.9. The van der Waals surface area contributed by atoms with Gasteiger partial charge in [-0.2, -0.15) is 0 Å². The van der Waals surface area contributed by atoms with Crippen LogP contribution in [0.1, 0.15) is 54.4 Å². The van der Waals surface area contributed by atoms with E-state index in [1.807, 2.05) is 12.1 Å².